The summed E-state index contributed by atoms with van der Waals surface area (Å²) < 4.78 is 0. The molecule has 5 nitrogen and oxygen atoms in total. The Kier molecular flexibility index (Phi) is 6.81. The van der Waals surface area contributed by atoms with Crippen molar-refractivity contribution in [2.45, 2.75) is 13.5 Å². The molecule has 34 heavy (non-hydrogen) atoms. The molecule has 0 fully saturated rings. The zero-order chi connectivity index (χ0) is 23.9. The van der Waals surface area contributed by atoms with Crippen LogP contribution in [0.3, 0.4) is 0 Å². The van der Waals surface area contributed by atoms with Gasteiger partial charge in [0.1, 0.15) is 6.07 Å². The van der Waals surface area contributed by atoms with Crippen LogP contribution < -0.4 is 10.6 Å². The molecule has 4 aromatic carbocycles. The highest BCUT2D eigenvalue weighted by atomic mass is 16.2. The second-order valence-corrected chi connectivity index (χ2v) is 7.90. The number of nitrogens with zero attached hydrogens (tertiary/aromatic N) is 1. The Labute approximate surface area is 198 Å². The summed E-state index contributed by atoms with van der Waals surface area (Å²) in [4.78, 5) is 25.5. The maximum atomic E-state index is 12.9. The van der Waals surface area contributed by atoms with Crippen molar-refractivity contribution in [3.8, 4) is 17.2 Å². The second kappa shape index (κ2) is 10.3. The summed E-state index contributed by atoms with van der Waals surface area (Å²) in [6.45, 7) is 2.36. The van der Waals surface area contributed by atoms with Gasteiger partial charge in [-0.25, -0.2) is 0 Å². The van der Waals surface area contributed by atoms with Crippen LogP contribution in [0, 0.1) is 18.3 Å². The molecule has 5 heteroatoms. The number of benzene rings is 4. The van der Waals surface area contributed by atoms with E-state index in [2.05, 4.69) is 16.7 Å². The summed E-state index contributed by atoms with van der Waals surface area (Å²) in [7, 11) is 0. The van der Waals surface area contributed by atoms with Crippen molar-refractivity contribution in [1.29, 1.82) is 5.26 Å². The molecule has 0 saturated heterocycles. The zero-order valence-electron chi connectivity index (χ0n) is 18.7. The highest BCUT2D eigenvalue weighted by molar-refractivity contribution is 6.05. The quantitative estimate of drug-likeness (QED) is 0.398. The van der Waals surface area contributed by atoms with E-state index in [4.69, 9.17) is 0 Å². The summed E-state index contributed by atoms with van der Waals surface area (Å²) >= 11 is 0. The minimum absolute atomic E-state index is 0.161. The lowest BCUT2D eigenvalue weighted by atomic mass is 9.98. The molecule has 0 saturated carbocycles. The third kappa shape index (κ3) is 5.20. The monoisotopic (exact) mass is 445 g/mol. The van der Waals surface area contributed by atoms with Crippen LogP contribution in [0.25, 0.3) is 11.1 Å². The van der Waals surface area contributed by atoms with Crippen molar-refractivity contribution >= 4 is 17.5 Å². The van der Waals surface area contributed by atoms with E-state index in [1.807, 2.05) is 55.5 Å². The number of rotatable bonds is 6. The van der Waals surface area contributed by atoms with Crippen molar-refractivity contribution in [3.05, 3.63) is 125 Å². The number of nitriles is 1. The van der Waals surface area contributed by atoms with Gasteiger partial charge in [-0.15, -0.1) is 0 Å². The molecular weight excluding hydrogens is 422 g/mol. The normalized spacial score (nSPS) is 10.2. The lowest BCUT2D eigenvalue weighted by Crippen LogP contribution is -2.23. The molecule has 4 rings (SSSR count). The van der Waals surface area contributed by atoms with Gasteiger partial charge in [0.25, 0.3) is 11.8 Å². The fraction of sp³-hybridized carbons (Fsp3) is 0.0690. The number of nitrogens with one attached hydrogen (secondary N) is 2. The SMILES string of the molecule is Cc1ccc(-c2ccccc2C(=O)NCc2ccc(C(=O)Nc3ccccc3C#N)cc2)cc1. The molecule has 0 aromatic heterocycles. The summed E-state index contributed by atoms with van der Waals surface area (Å²) in [6, 6.07) is 31.5. The van der Waals surface area contributed by atoms with Crippen molar-refractivity contribution in [2.24, 2.45) is 0 Å². The van der Waals surface area contributed by atoms with Gasteiger partial charge in [0.15, 0.2) is 0 Å². The van der Waals surface area contributed by atoms with E-state index in [0.717, 1.165) is 22.3 Å². The molecule has 0 spiro atoms. The summed E-state index contributed by atoms with van der Waals surface area (Å²) in [5.74, 6) is -0.462. The smallest absolute Gasteiger partial charge is 0.255 e. The van der Waals surface area contributed by atoms with Crippen LogP contribution in [0.1, 0.15) is 37.4 Å². The lowest BCUT2D eigenvalue weighted by Gasteiger charge is -2.11. The Morgan fingerprint density at radius 2 is 1.47 bits per heavy atom. The highest BCUT2D eigenvalue weighted by Gasteiger charge is 2.13. The van der Waals surface area contributed by atoms with E-state index in [0.29, 0.717) is 28.9 Å². The summed E-state index contributed by atoms with van der Waals surface area (Å²) in [5, 5.41) is 14.9. The van der Waals surface area contributed by atoms with Crippen LogP contribution in [0.5, 0.6) is 0 Å². The Morgan fingerprint density at radius 3 is 2.21 bits per heavy atom. The number of carbonyl (C=O) groups excluding carboxylic acids is 2. The van der Waals surface area contributed by atoms with E-state index in [1.54, 1.807) is 48.5 Å². The van der Waals surface area contributed by atoms with Crippen LogP contribution in [0.2, 0.25) is 0 Å². The van der Waals surface area contributed by atoms with Gasteiger partial charge < -0.3 is 10.6 Å². The number of anilines is 1. The second-order valence-electron chi connectivity index (χ2n) is 7.90. The Morgan fingerprint density at radius 1 is 0.794 bits per heavy atom. The van der Waals surface area contributed by atoms with E-state index >= 15 is 0 Å². The van der Waals surface area contributed by atoms with Gasteiger partial charge in [0, 0.05) is 17.7 Å². The molecule has 2 N–H and O–H groups in total. The molecule has 0 atom stereocenters. The van der Waals surface area contributed by atoms with Gasteiger partial charge in [-0.3, -0.25) is 9.59 Å². The molecule has 0 heterocycles. The fourth-order valence-corrected chi connectivity index (χ4v) is 3.60. The molecule has 4 aromatic rings. The van der Waals surface area contributed by atoms with Crippen LogP contribution in [-0.2, 0) is 6.54 Å². The standard InChI is InChI=1S/C29H23N3O2/c1-20-10-14-22(15-11-20)25-7-3-4-8-26(25)29(34)31-19-21-12-16-23(17-13-21)28(33)32-27-9-5-2-6-24(27)18-30/h2-17H,19H2,1H3,(H,31,34)(H,32,33). The largest absolute Gasteiger partial charge is 0.348 e. The lowest BCUT2D eigenvalue weighted by molar-refractivity contribution is 0.0950. The molecule has 0 unspecified atom stereocenters. The van der Waals surface area contributed by atoms with E-state index in [-0.39, 0.29) is 11.8 Å². The van der Waals surface area contributed by atoms with Gasteiger partial charge in [-0.05, 0) is 53.9 Å². The molecule has 0 aliphatic carbocycles. The predicted molar refractivity (Wildman–Crippen MR) is 133 cm³/mol. The molecule has 2 amide bonds. The van der Waals surface area contributed by atoms with Crippen LogP contribution in [0.4, 0.5) is 5.69 Å². The van der Waals surface area contributed by atoms with Gasteiger partial charge >= 0.3 is 0 Å². The van der Waals surface area contributed by atoms with Crippen LogP contribution >= 0.6 is 0 Å². The third-order valence-electron chi connectivity index (χ3n) is 5.50. The first kappa shape index (κ1) is 22.5. The van der Waals surface area contributed by atoms with Crippen LogP contribution in [-0.4, -0.2) is 11.8 Å². The van der Waals surface area contributed by atoms with E-state index in [1.165, 1.54) is 0 Å². The zero-order valence-corrected chi connectivity index (χ0v) is 18.7. The molecule has 0 radical (unpaired) electrons. The number of hydrogen-bond acceptors (Lipinski definition) is 3. The van der Waals surface area contributed by atoms with Gasteiger partial charge in [0.05, 0.1) is 11.3 Å². The van der Waals surface area contributed by atoms with Gasteiger partial charge in [-0.1, -0.05) is 72.3 Å². The first-order chi connectivity index (χ1) is 16.5. The molecular formula is C29H23N3O2. The highest BCUT2D eigenvalue weighted by Crippen LogP contribution is 2.24. The Hall–Kier alpha value is -4.69. The minimum Gasteiger partial charge on any atom is -0.348 e. The van der Waals surface area contributed by atoms with Crippen molar-refractivity contribution in [1.82, 2.24) is 5.32 Å². The average Bonchev–Trinajstić information content (AvgIpc) is 2.88. The fourth-order valence-electron chi connectivity index (χ4n) is 3.60. The van der Waals surface area contributed by atoms with Gasteiger partial charge in [0.2, 0.25) is 0 Å². The summed E-state index contributed by atoms with van der Waals surface area (Å²) in [6.07, 6.45) is 0. The maximum Gasteiger partial charge on any atom is 0.255 e. The Bertz CT molecular complexity index is 1370. The predicted octanol–water partition coefficient (Wildman–Crippen LogP) is 5.72. The van der Waals surface area contributed by atoms with Crippen LogP contribution in [0.15, 0.2) is 97.1 Å². The maximum absolute atomic E-state index is 12.9. The van der Waals surface area contributed by atoms with Crippen molar-refractivity contribution in [2.75, 3.05) is 5.32 Å². The van der Waals surface area contributed by atoms with E-state index < -0.39 is 0 Å². The molecule has 0 aliphatic heterocycles. The minimum atomic E-state index is -0.301. The number of hydrogen-bond donors (Lipinski definition) is 2. The van der Waals surface area contributed by atoms with E-state index in [9.17, 15) is 14.9 Å². The number of amides is 2. The third-order valence-corrected chi connectivity index (χ3v) is 5.50. The van der Waals surface area contributed by atoms with Crippen molar-refractivity contribution < 1.29 is 9.59 Å². The van der Waals surface area contributed by atoms with Gasteiger partial charge in [-0.2, -0.15) is 5.26 Å². The number of carbonyl (C=O) groups is 2. The first-order valence-corrected chi connectivity index (χ1v) is 10.9. The first-order valence-electron chi connectivity index (χ1n) is 10.9. The molecule has 0 bridgehead atoms. The molecule has 166 valence electrons. The average molecular weight is 446 g/mol. The van der Waals surface area contributed by atoms with Crippen molar-refractivity contribution in [3.63, 3.8) is 0 Å². The number of aryl methyl sites for hydroxylation is 1. The number of para-hydroxylation sites is 1. The topological polar surface area (TPSA) is 82.0 Å². The molecule has 0 aliphatic rings. The Balaban J connectivity index is 1.41. The summed E-state index contributed by atoms with van der Waals surface area (Å²) in [5.41, 5.74) is 5.85.